The predicted octanol–water partition coefficient (Wildman–Crippen LogP) is 3.51. The lowest BCUT2D eigenvalue weighted by atomic mass is 9.83. The van der Waals surface area contributed by atoms with Gasteiger partial charge >= 0.3 is 5.97 Å². The SMILES string of the molecule is CCOC(=O)C1=C(N)Oc2c(c(=O)[nH]c3ccccc23)C1c1ccc(SC)cc1. The smallest absolute Gasteiger partial charge is 0.340 e. The van der Waals surface area contributed by atoms with Crippen molar-refractivity contribution in [3.8, 4) is 5.75 Å². The number of nitrogens with one attached hydrogen (secondary N) is 1. The summed E-state index contributed by atoms with van der Waals surface area (Å²) < 4.78 is 11.1. The maximum absolute atomic E-state index is 13.1. The molecule has 1 atom stereocenters. The quantitative estimate of drug-likeness (QED) is 0.507. The van der Waals surface area contributed by atoms with Crippen LogP contribution in [-0.4, -0.2) is 23.8 Å². The van der Waals surface area contributed by atoms with Crippen molar-refractivity contribution >= 4 is 28.6 Å². The van der Waals surface area contributed by atoms with E-state index in [2.05, 4.69) is 4.98 Å². The van der Waals surface area contributed by atoms with E-state index < -0.39 is 11.9 Å². The van der Waals surface area contributed by atoms with Crippen LogP contribution in [0.4, 0.5) is 0 Å². The first-order chi connectivity index (χ1) is 14.0. The molecule has 0 spiro atoms. The summed E-state index contributed by atoms with van der Waals surface area (Å²) in [7, 11) is 0. The Morgan fingerprint density at radius 3 is 2.62 bits per heavy atom. The Morgan fingerprint density at radius 2 is 1.93 bits per heavy atom. The average Bonchev–Trinajstić information content (AvgIpc) is 2.73. The number of nitrogens with two attached hydrogens (primary N) is 1. The Morgan fingerprint density at radius 1 is 1.21 bits per heavy atom. The van der Waals surface area contributed by atoms with Gasteiger partial charge in [0, 0.05) is 10.3 Å². The second-order valence-corrected chi connectivity index (χ2v) is 7.43. The third kappa shape index (κ3) is 3.27. The number of aromatic nitrogens is 1. The van der Waals surface area contributed by atoms with Gasteiger partial charge in [-0.15, -0.1) is 11.8 Å². The van der Waals surface area contributed by atoms with Crippen molar-refractivity contribution < 1.29 is 14.3 Å². The molecule has 3 N–H and O–H groups in total. The van der Waals surface area contributed by atoms with Crippen molar-refractivity contribution in [2.45, 2.75) is 17.7 Å². The summed E-state index contributed by atoms with van der Waals surface area (Å²) in [6.07, 6.45) is 1.98. The van der Waals surface area contributed by atoms with Gasteiger partial charge in [-0.05, 0) is 43.0 Å². The van der Waals surface area contributed by atoms with Crippen molar-refractivity contribution in [3.63, 3.8) is 0 Å². The topological polar surface area (TPSA) is 94.4 Å². The molecule has 29 heavy (non-hydrogen) atoms. The van der Waals surface area contributed by atoms with E-state index in [1.165, 1.54) is 0 Å². The zero-order chi connectivity index (χ0) is 20.5. The van der Waals surface area contributed by atoms with E-state index in [9.17, 15) is 9.59 Å². The van der Waals surface area contributed by atoms with E-state index in [-0.39, 0.29) is 23.6 Å². The monoisotopic (exact) mass is 408 g/mol. The fourth-order valence-electron chi connectivity index (χ4n) is 3.61. The molecule has 0 aliphatic carbocycles. The van der Waals surface area contributed by atoms with Gasteiger partial charge in [-0.3, -0.25) is 4.79 Å². The molecule has 6 nitrogen and oxygen atoms in total. The standard InChI is InChI=1S/C22H20N2O4S/c1-3-27-22(26)18-16(12-8-10-13(29-2)11-9-12)17-19(28-20(18)23)14-6-4-5-7-15(14)24-21(17)25/h4-11,16H,3,23H2,1-2H3,(H,24,25). The molecule has 2 heterocycles. The molecular formula is C22H20N2O4S. The van der Waals surface area contributed by atoms with Crippen molar-refractivity contribution in [3.05, 3.63) is 81.5 Å². The third-order valence-corrected chi connectivity index (χ3v) is 5.65. The van der Waals surface area contributed by atoms with Gasteiger partial charge in [0.25, 0.3) is 5.56 Å². The first-order valence-electron chi connectivity index (χ1n) is 9.18. The van der Waals surface area contributed by atoms with E-state index in [1.807, 2.05) is 48.7 Å². The summed E-state index contributed by atoms with van der Waals surface area (Å²) in [5.41, 5.74) is 7.75. The fourth-order valence-corrected chi connectivity index (χ4v) is 4.02. The largest absolute Gasteiger partial charge is 0.462 e. The highest BCUT2D eigenvalue weighted by molar-refractivity contribution is 7.98. The molecule has 0 radical (unpaired) electrons. The zero-order valence-electron chi connectivity index (χ0n) is 16.0. The van der Waals surface area contributed by atoms with E-state index in [0.717, 1.165) is 15.8 Å². The summed E-state index contributed by atoms with van der Waals surface area (Å²) in [5, 5.41) is 0.721. The van der Waals surface area contributed by atoms with Gasteiger partial charge in [-0.1, -0.05) is 24.3 Å². The lowest BCUT2D eigenvalue weighted by molar-refractivity contribution is -0.139. The summed E-state index contributed by atoms with van der Waals surface area (Å²) in [4.78, 5) is 29.8. The minimum Gasteiger partial charge on any atom is -0.462 e. The van der Waals surface area contributed by atoms with Gasteiger partial charge in [0.2, 0.25) is 5.88 Å². The number of hydrogen-bond donors (Lipinski definition) is 2. The number of carbonyl (C=O) groups excluding carboxylic acids is 1. The summed E-state index contributed by atoms with van der Waals surface area (Å²) in [6.45, 7) is 1.91. The zero-order valence-corrected chi connectivity index (χ0v) is 16.8. The fraction of sp³-hybridized carbons (Fsp3) is 0.182. The average molecular weight is 408 g/mol. The molecule has 148 valence electrons. The lowest BCUT2D eigenvalue weighted by Gasteiger charge is -2.28. The number of para-hydroxylation sites is 1. The van der Waals surface area contributed by atoms with Crippen LogP contribution in [0.25, 0.3) is 10.9 Å². The van der Waals surface area contributed by atoms with Crippen LogP contribution in [0, 0.1) is 0 Å². The molecule has 0 saturated heterocycles. The number of pyridine rings is 1. The highest BCUT2D eigenvalue weighted by Crippen LogP contribution is 2.43. The van der Waals surface area contributed by atoms with Gasteiger partial charge in [0.05, 0.1) is 23.6 Å². The number of H-pyrrole nitrogens is 1. The molecular weight excluding hydrogens is 388 g/mol. The van der Waals surface area contributed by atoms with E-state index in [4.69, 9.17) is 15.2 Å². The predicted molar refractivity (Wildman–Crippen MR) is 113 cm³/mol. The van der Waals surface area contributed by atoms with Crippen LogP contribution in [-0.2, 0) is 9.53 Å². The Bertz CT molecular complexity index is 1180. The molecule has 0 saturated carbocycles. The Balaban J connectivity index is 2.01. The van der Waals surface area contributed by atoms with Gasteiger partial charge in [-0.2, -0.15) is 0 Å². The van der Waals surface area contributed by atoms with Crippen molar-refractivity contribution in [2.24, 2.45) is 5.73 Å². The number of carbonyl (C=O) groups is 1. The van der Waals surface area contributed by atoms with Crippen LogP contribution >= 0.6 is 11.8 Å². The van der Waals surface area contributed by atoms with Crippen molar-refractivity contribution in [2.75, 3.05) is 12.9 Å². The molecule has 4 rings (SSSR count). The number of fused-ring (bicyclic) bond motifs is 3. The van der Waals surface area contributed by atoms with E-state index >= 15 is 0 Å². The first-order valence-corrected chi connectivity index (χ1v) is 10.4. The molecule has 0 amide bonds. The molecule has 3 aromatic rings. The summed E-state index contributed by atoms with van der Waals surface area (Å²) in [6, 6.07) is 15.0. The number of aromatic amines is 1. The molecule has 0 bridgehead atoms. The van der Waals surface area contributed by atoms with E-state index in [0.29, 0.717) is 16.8 Å². The lowest BCUT2D eigenvalue weighted by Crippen LogP contribution is -2.32. The van der Waals surface area contributed by atoms with Gasteiger partial charge in [-0.25, -0.2) is 4.79 Å². The molecule has 7 heteroatoms. The molecule has 1 aromatic heterocycles. The Kier molecular flexibility index (Phi) is 5.07. The number of hydrogen-bond acceptors (Lipinski definition) is 6. The summed E-state index contributed by atoms with van der Waals surface area (Å²) >= 11 is 1.61. The number of rotatable bonds is 4. The van der Waals surface area contributed by atoms with Crippen molar-refractivity contribution in [1.82, 2.24) is 4.98 Å². The summed E-state index contributed by atoms with van der Waals surface area (Å²) in [5.74, 6) is -0.969. The minimum absolute atomic E-state index is 0.0503. The number of ether oxygens (including phenoxy) is 2. The van der Waals surface area contributed by atoms with Crippen LogP contribution < -0.4 is 16.0 Å². The van der Waals surface area contributed by atoms with E-state index in [1.54, 1.807) is 24.8 Å². The van der Waals surface area contributed by atoms with Crippen LogP contribution in [0.1, 0.15) is 24.0 Å². The molecule has 2 aromatic carbocycles. The Hall–Kier alpha value is -3.19. The normalized spacial score (nSPS) is 15.7. The van der Waals surface area contributed by atoms with Gasteiger partial charge < -0.3 is 20.2 Å². The second-order valence-electron chi connectivity index (χ2n) is 6.55. The van der Waals surface area contributed by atoms with Crippen molar-refractivity contribution in [1.29, 1.82) is 0 Å². The first kappa shape index (κ1) is 19.1. The maximum atomic E-state index is 13.1. The van der Waals surface area contributed by atoms with Gasteiger partial charge in [0.1, 0.15) is 11.3 Å². The van der Waals surface area contributed by atoms with Crippen LogP contribution in [0.5, 0.6) is 5.75 Å². The molecule has 1 aliphatic heterocycles. The minimum atomic E-state index is -0.693. The molecule has 1 aliphatic rings. The third-order valence-electron chi connectivity index (χ3n) is 4.91. The highest BCUT2D eigenvalue weighted by Gasteiger charge is 2.38. The van der Waals surface area contributed by atoms with Crippen LogP contribution in [0.2, 0.25) is 0 Å². The Labute approximate surface area is 171 Å². The maximum Gasteiger partial charge on any atom is 0.340 e. The van der Waals surface area contributed by atoms with Crippen LogP contribution in [0.15, 0.2) is 69.7 Å². The number of benzene rings is 2. The number of thioether (sulfide) groups is 1. The van der Waals surface area contributed by atoms with Gasteiger partial charge in [0.15, 0.2) is 0 Å². The highest BCUT2D eigenvalue weighted by atomic mass is 32.2. The molecule has 1 unspecified atom stereocenters. The van der Waals surface area contributed by atoms with Crippen LogP contribution in [0.3, 0.4) is 0 Å². The number of esters is 1. The molecule has 0 fully saturated rings. The second kappa shape index (κ2) is 7.67.